The van der Waals surface area contributed by atoms with E-state index in [4.69, 9.17) is 0 Å². The van der Waals surface area contributed by atoms with Crippen LogP contribution in [0.2, 0.25) is 0 Å². The van der Waals surface area contributed by atoms with Crippen molar-refractivity contribution >= 4 is 17.2 Å². The fourth-order valence-corrected chi connectivity index (χ4v) is 1.72. The number of hydrogen-bond acceptors (Lipinski definition) is 5. The quantitative estimate of drug-likeness (QED) is 0.483. The topological polar surface area (TPSA) is 103 Å². The zero-order chi connectivity index (χ0) is 14.7. The third-order valence-electron chi connectivity index (χ3n) is 2.67. The van der Waals surface area contributed by atoms with E-state index in [2.05, 4.69) is 0 Å². The molecule has 0 radical (unpaired) electrons. The first kappa shape index (κ1) is 13.3. The van der Waals surface area contributed by atoms with E-state index in [-0.39, 0.29) is 16.8 Å². The number of carbonyl (C=O) groups excluding carboxylic acids is 1. The molecule has 7 heteroatoms. The maximum absolute atomic E-state index is 12.2. The first-order chi connectivity index (χ1) is 9.50. The van der Waals surface area contributed by atoms with Crippen LogP contribution in [0.4, 0.5) is 11.4 Å². The highest BCUT2D eigenvalue weighted by atomic mass is 16.6. The zero-order valence-corrected chi connectivity index (χ0v) is 10.1. The summed E-state index contributed by atoms with van der Waals surface area (Å²) in [7, 11) is 0. The van der Waals surface area contributed by atoms with Crippen LogP contribution in [0.5, 0.6) is 0 Å². The Morgan fingerprint density at radius 1 is 0.900 bits per heavy atom. The normalized spacial score (nSPS) is 10.0. The lowest BCUT2D eigenvalue weighted by molar-refractivity contribution is -0.389. The molecule has 0 aromatic heterocycles. The van der Waals surface area contributed by atoms with E-state index in [1.807, 2.05) is 0 Å². The summed E-state index contributed by atoms with van der Waals surface area (Å²) >= 11 is 0. The van der Waals surface area contributed by atoms with Gasteiger partial charge in [-0.05, 0) is 0 Å². The molecular weight excluding hydrogens is 264 g/mol. The second kappa shape index (κ2) is 5.27. The molecule has 7 nitrogen and oxygen atoms in total. The summed E-state index contributed by atoms with van der Waals surface area (Å²) in [6.45, 7) is 0. The van der Waals surface area contributed by atoms with E-state index in [1.165, 1.54) is 12.1 Å². The van der Waals surface area contributed by atoms with Gasteiger partial charge in [-0.1, -0.05) is 30.3 Å². The van der Waals surface area contributed by atoms with Crippen LogP contribution in [0.3, 0.4) is 0 Å². The van der Waals surface area contributed by atoms with Gasteiger partial charge in [0.1, 0.15) is 5.56 Å². The van der Waals surface area contributed by atoms with Gasteiger partial charge in [-0.3, -0.25) is 25.0 Å². The number of nitrogens with zero attached hydrogens (tertiary/aromatic N) is 2. The molecule has 0 spiro atoms. The molecule has 0 amide bonds. The van der Waals surface area contributed by atoms with Crippen LogP contribution in [0, 0.1) is 20.2 Å². The van der Waals surface area contributed by atoms with Gasteiger partial charge in [0, 0.05) is 23.8 Å². The molecule has 20 heavy (non-hydrogen) atoms. The van der Waals surface area contributed by atoms with Crippen molar-refractivity contribution in [3.8, 4) is 0 Å². The zero-order valence-electron chi connectivity index (χ0n) is 10.1. The number of nitro benzene ring substituents is 2. The third-order valence-corrected chi connectivity index (χ3v) is 2.67. The number of rotatable bonds is 4. The first-order valence-corrected chi connectivity index (χ1v) is 5.53. The van der Waals surface area contributed by atoms with Crippen molar-refractivity contribution in [2.45, 2.75) is 0 Å². The Balaban J connectivity index is 2.58. The van der Waals surface area contributed by atoms with E-state index in [0.717, 1.165) is 18.2 Å². The van der Waals surface area contributed by atoms with Gasteiger partial charge in [-0.25, -0.2) is 0 Å². The van der Waals surface area contributed by atoms with Gasteiger partial charge >= 0.3 is 0 Å². The summed E-state index contributed by atoms with van der Waals surface area (Å²) < 4.78 is 0. The fourth-order valence-electron chi connectivity index (χ4n) is 1.72. The van der Waals surface area contributed by atoms with Gasteiger partial charge in [-0.15, -0.1) is 0 Å². The highest BCUT2D eigenvalue weighted by molar-refractivity contribution is 6.11. The van der Waals surface area contributed by atoms with Crippen LogP contribution in [-0.4, -0.2) is 15.6 Å². The lowest BCUT2D eigenvalue weighted by Crippen LogP contribution is -2.06. The van der Waals surface area contributed by atoms with Gasteiger partial charge in [0.25, 0.3) is 11.4 Å². The molecule has 2 aromatic rings. The molecule has 2 rings (SSSR count). The predicted octanol–water partition coefficient (Wildman–Crippen LogP) is 2.73. The molecule has 0 fully saturated rings. The van der Waals surface area contributed by atoms with Crippen molar-refractivity contribution in [2.75, 3.05) is 0 Å². The first-order valence-electron chi connectivity index (χ1n) is 5.53. The van der Waals surface area contributed by atoms with E-state index in [9.17, 15) is 25.0 Å². The minimum absolute atomic E-state index is 0.232. The summed E-state index contributed by atoms with van der Waals surface area (Å²) in [4.78, 5) is 32.4. The minimum atomic E-state index is -0.736. The summed E-state index contributed by atoms with van der Waals surface area (Å²) in [5.41, 5.74) is -0.883. The summed E-state index contributed by atoms with van der Waals surface area (Å²) in [5.74, 6) is -0.624. The predicted molar refractivity (Wildman–Crippen MR) is 69.6 cm³/mol. The monoisotopic (exact) mass is 272 g/mol. The smallest absolute Gasteiger partial charge is 0.281 e. The van der Waals surface area contributed by atoms with Gasteiger partial charge in [0.15, 0.2) is 5.78 Å². The largest absolute Gasteiger partial charge is 0.288 e. The van der Waals surface area contributed by atoms with E-state index in [1.54, 1.807) is 18.2 Å². The Bertz CT molecular complexity index is 697. The maximum Gasteiger partial charge on any atom is 0.281 e. The summed E-state index contributed by atoms with van der Waals surface area (Å²) in [6, 6.07) is 10.8. The average Bonchev–Trinajstić information content (AvgIpc) is 2.46. The van der Waals surface area contributed by atoms with Crippen LogP contribution in [0.1, 0.15) is 15.9 Å². The number of nitro groups is 2. The molecule has 0 atom stereocenters. The molecule has 100 valence electrons. The summed E-state index contributed by atoms with van der Waals surface area (Å²) in [5, 5.41) is 21.6. The number of ketones is 1. The lowest BCUT2D eigenvalue weighted by atomic mass is 10.0. The van der Waals surface area contributed by atoms with E-state index < -0.39 is 21.3 Å². The highest BCUT2D eigenvalue weighted by Crippen LogP contribution is 2.26. The Morgan fingerprint density at radius 2 is 1.55 bits per heavy atom. The van der Waals surface area contributed by atoms with Crippen LogP contribution in [0.15, 0.2) is 48.5 Å². The molecule has 0 aliphatic heterocycles. The van der Waals surface area contributed by atoms with Crippen molar-refractivity contribution in [3.05, 3.63) is 79.9 Å². The number of non-ortho nitro benzene ring substituents is 1. The number of benzene rings is 2. The standard InChI is InChI=1S/C13H8N2O5/c16-13(9-4-2-1-3-5-9)11-8-10(14(17)18)6-7-12(11)15(19)20/h1-8H. The molecule has 0 saturated heterocycles. The van der Waals surface area contributed by atoms with Gasteiger partial charge in [0.05, 0.1) is 9.85 Å². The second-order valence-electron chi connectivity index (χ2n) is 3.91. The molecule has 0 aliphatic carbocycles. The average molecular weight is 272 g/mol. The maximum atomic E-state index is 12.2. The SMILES string of the molecule is O=C(c1ccccc1)c1cc([N+](=O)[O-])ccc1[N+](=O)[O-]. The van der Waals surface area contributed by atoms with Gasteiger partial charge < -0.3 is 0 Å². The Morgan fingerprint density at radius 3 is 2.10 bits per heavy atom. The van der Waals surface area contributed by atoms with Crippen LogP contribution in [-0.2, 0) is 0 Å². The third kappa shape index (κ3) is 2.51. The fraction of sp³-hybridized carbons (Fsp3) is 0. The molecule has 0 aliphatic rings. The minimum Gasteiger partial charge on any atom is -0.288 e. The van der Waals surface area contributed by atoms with Gasteiger partial charge in [0.2, 0.25) is 0 Å². The van der Waals surface area contributed by atoms with E-state index >= 15 is 0 Å². The van der Waals surface area contributed by atoms with Crippen molar-refractivity contribution in [2.24, 2.45) is 0 Å². The van der Waals surface area contributed by atoms with Crippen LogP contribution in [0.25, 0.3) is 0 Å². The van der Waals surface area contributed by atoms with Crippen molar-refractivity contribution < 1.29 is 14.6 Å². The van der Waals surface area contributed by atoms with Crippen LogP contribution >= 0.6 is 0 Å². The Kier molecular flexibility index (Phi) is 3.52. The molecule has 0 saturated carbocycles. The molecule has 0 bridgehead atoms. The molecular formula is C13H8N2O5. The van der Waals surface area contributed by atoms with Crippen molar-refractivity contribution in [3.63, 3.8) is 0 Å². The number of hydrogen-bond donors (Lipinski definition) is 0. The second-order valence-corrected chi connectivity index (χ2v) is 3.91. The summed E-state index contributed by atoms with van der Waals surface area (Å²) in [6.07, 6.45) is 0. The Hall–Kier alpha value is -3.09. The van der Waals surface area contributed by atoms with Crippen molar-refractivity contribution in [1.29, 1.82) is 0 Å². The molecule has 2 aromatic carbocycles. The number of carbonyl (C=O) groups is 1. The molecule has 0 unspecified atom stereocenters. The Labute approximate surface area is 112 Å². The highest BCUT2D eigenvalue weighted by Gasteiger charge is 2.24. The lowest BCUT2D eigenvalue weighted by Gasteiger charge is -2.02. The van der Waals surface area contributed by atoms with E-state index in [0.29, 0.717) is 0 Å². The van der Waals surface area contributed by atoms with Crippen LogP contribution < -0.4 is 0 Å². The molecule has 0 N–H and O–H groups in total. The van der Waals surface area contributed by atoms with Gasteiger partial charge in [-0.2, -0.15) is 0 Å². The molecule has 0 heterocycles. The van der Waals surface area contributed by atoms with Crippen molar-refractivity contribution in [1.82, 2.24) is 0 Å².